The fourth-order valence-electron chi connectivity index (χ4n) is 0.817. The molecule has 0 amide bonds. The molecule has 0 saturated heterocycles. The van der Waals surface area contributed by atoms with Crippen molar-refractivity contribution >= 4 is 23.2 Å². The van der Waals surface area contributed by atoms with Gasteiger partial charge in [-0.25, -0.2) is 13.8 Å². The van der Waals surface area contributed by atoms with Crippen LogP contribution in [0.15, 0.2) is 6.20 Å². The Morgan fingerprint density at radius 3 is 2.42 bits per heavy atom. The maximum atomic E-state index is 12.3. The van der Waals surface area contributed by atoms with E-state index in [1.165, 1.54) is 13.1 Å². The van der Waals surface area contributed by atoms with Crippen LogP contribution in [0.1, 0.15) is 17.6 Å². The van der Waals surface area contributed by atoms with Crippen LogP contribution in [-0.2, 0) is 0 Å². The van der Waals surface area contributed by atoms with Crippen molar-refractivity contribution in [2.24, 2.45) is 0 Å². The molecule has 0 atom stereocenters. The van der Waals surface area contributed by atoms with Gasteiger partial charge >= 0.3 is 0 Å². The number of halogens is 4. The Labute approximate surface area is 78.3 Å². The van der Waals surface area contributed by atoms with Gasteiger partial charge < -0.3 is 0 Å². The van der Waals surface area contributed by atoms with Crippen molar-refractivity contribution in [2.75, 3.05) is 0 Å². The van der Waals surface area contributed by atoms with Gasteiger partial charge in [0.1, 0.15) is 5.15 Å². The first-order chi connectivity index (χ1) is 5.54. The predicted octanol–water partition coefficient (Wildman–Crippen LogP) is 3.63. The van der Waals surface area contributed by atoms with Gasteiger partial charge in [-0.2, -0.15) is 0 Å². The molecule has 0 unspecified atom stereocenters. The summed E-state index contributed by atoms with van der Waals surface area (Å²) in [5.41, 5.74) is -0.00386. The molecule has 0 N–H and O–H groups in total. The van der Waals surface area contributed by atoms with Gasteiger partial charge in [-0.15, -0.1) is 0 Å². The Morgan fingerprint density at radius 2 is 2.00 bits per heavy atom. The maximum Gasteiger partial charge on any atom is 0.267 e. The Hall–Kier alpha value is -0.410. The monoisotopic (exact) mass is 211 g/mol. The molecule has 1 aromatic rings. The molecule has 0 radical (unpaired) electrons. The lowest BCUT2D eigenvalue weighted by molar-refractivity contribution is 0.150. The maximum absolute atomic E-state index is 12.3. The van der Waals surface area contributed by atoms with Crippen LogP contribution < -0.4 is 0 Å². The number of pyridine rings is 1. The number of hydrogen-bond donors (Lipinski definition) is 0. The molecule has 0 saturated carbocycles. The van der Waals surface area contributed by atoms with E-state index in [0.29, 0.717) is 0 Å². The molecule has 0 aromatic carbocycles. The zero-order valence-corrected chi connectivity index (χ0v) is 7.63. The number of alkyl halides is 2. The van der Waals surface area contributed by atoms with Crippen LogP contribution in [0.25, 0.3) is 0 Å². The number of rotatable bonds is 1. The molecule has 0 fully saturated rings. The minimum Gasteiger partial charge on any atom is -0.242 e. The van der Waals surface area contributed by atoms with Gasteiger partial charge in [0.15, 0.2) is 0 Å². The highest BCUT2D eigenvalue weighted by Crippen LogP contribution is 2.31. The first kappa shape index (κ1) is 9.68. The summed E-state index contributed by atoms with van der Waals surface area (Å²) >= 11 is 11.0. The van der Waals surface area contributed by atoms with E-state index in [9.17, 15) is 8.78 Å². The SMILES string of the molecule is Cc1c(Cl)cnc(Cl)c1C(F)F. The molecule has 0 aliphatic heterocycles. The van der Waals surface area contributed by atoms with Gasteiger partial charge in [0.05, 0.1) is 10.6 Å². The Bertz CT molecular complexity index is 302. The second kappa shape index (κ2) is 3.54. The lowest BCUT2D eigenvalue weighted by Crippen LogP contribution is -1.94. The number of hydrogen-bond acceptors (Lipinski definition) is 1. The van der Waals surface area contributed by atoms with E-state index in [4.69, 9.17) is 23.2 Å². The molecule has 5 heteroatoms. The zero-order valence-electron chi connectivity index (χ0n) is 6.11. The van der Waals surface area contributed by atoms with Crippen molar-refractivity contribution in [1.29, 1.82) is 0 Å². The highest BCUT2D eigenvalue weighted by molar-refractivity contribution is 6.33. The van der Waals surface area contributed by atoms with Gasteiger partial charge in [0.25, 0.3) is 6.43 Å². The minimum absolute atomic E-state index is 0.188. The molecule has 1 rings (SSSR count). The average molecular weight is 212 g/mol. The van der Waals surface area contributed by atoms with Gasteiger partial charge in [-0.1, -0.05) is 23.2 Å². The van der Waals surface area contributed by atoms with E-state index in [-0.39, 0.29) is 21.3 Å². The van der Waals surface area contributed by atoms with E-state index < -0.39 is 6.43 Å². The number of aromatic nitrogens is 1. The Morgan fingerprint density at radius 1 is 1.42 bits per heavy atom. The standard InChI is InChI=1S/C7H5Cl2F2N/c1-3-4(8)2-12-6(9)5(3)7(10)11/h2,7H,1H3. The smallest absolute Gasteiger partial charge is 0.242 e. The van der Waals surface area contributed by atoms with E-state index in [0.717, 1.165) is 0 Å². The van der Waals surface area contributed by atoms with Gasteiger partial charge in [-0.3, -0.25) is 0 Å². The third-order valence-corrected chi connectivity index (χ3v) is 2.18. The summed E-state index contributed by atoms with van der Waals surface area (Å²) in [6.07, 6.45) is -1.38. The third kappa shape index (κ3) is 1.67. The highest BCUT2D eigenvalue weighted by atomic mass is 35.5. The Balaban J connectivity index is 3.33. The summed E-state index contributed by atoms with van der Waals surface area (Å²) in [4.78, 5) is 3.51. The molecule has 1 heterocycles. The lowest BCUT2D eigenvalue weighted by Gasteiger charge is -2.06. The van der Waals surface area contributed by atoms with Crippen molar-refractivity contribution in [3.8, 4) is 0 Å². The Kier molecular flexibility index (Phi) is 2.85. The number of nitrogens with zero attached hydrogens (tertiary/aromatic N) is 1. The molecule has 66 valence electrons. The van der Waals surface area contributed by atoms with Crippen LogP contribution in [0.4, 0.5) is 8.78 Å². The molecular weight excluding hydrogens is 207 g/mol. The summed E-state index contributed by atoms with van der Waals surface area (Å²) < 4.78 is 24.6. The van der Waals surface area contributed by atoms with Crippen molar-refractivity contribution in [1.82, 2.24) is 4.98 Å². The fraction of sp³-hybridized carbons (Fsp3) is 0.286. The van der Waals surface area contributed by atoms with Crippen molar-refractivity contribution in [3.63, 3.8) is 0 Å². The molecule has 1 nitrogen and oxygen atoms in total. The molecule has 0 aliphatic rings. The normalized spacial score (nSPS) is 10.8. The lowest BCUT2D eigenvalue weighted by atomic mass is 10.2. The van der Waals surface area contributed by atoms with Crippen molar-refractivity contribution in [2.45, 2.75) is 13.3 Å². The summed E-state index contributed by atoms with van der Waals surface area (Å²) in [5, 5.41) is 0.0154. The summed E-state index contributed by atoms with van der Waals surface area (Å²) in [6, 6.07) is 0. The molecule has 12 heavy (non-hydrogen) atoms. The summed E-state index contributed by atoms with van der Waals surface area (Å²) in [7, 11) is 0. The van der Waals surface area contributed by atoms with E-state index in [2.05, 4.69) is 4.98 Å². The highest BCUT2D eigenvalue weighted by Gasteiger charge is 2.17. The van der Waals surface area contributed by atoms with Crippen molar-refractivity contribution < 1.29 is 8.78 Å². The van der Waals surface area contributed by atoms with Crippen LogP contribution in [0.3, 0.4) is 0 Å². The second-order valence-corrected chi connectivity index (χ2v) is 3.00. The average Bonchev–Trinajstić information content (AvgIpc) is 1.97. The van der Waals surface area contributed by atoms with Gasteiger partial charge in [0, 0.05) is 6.20 Å². The molecular formula is C7H5Cl2F2N. The first-order valence-corrected chi connectivity index (χ1v) is 3.88. The summed E-state index contributed by atoms with van der Waals surface area (Å²) in [5.74, 6) is 0. The van der Waals surface area contributed by atoms with Crippen LogP contribution in [0.5, 0.6) is 0 Å². The van der Waals surface area contributed by atoms with E-state index in [1.54, 1.807) is 0 Å². The zero-order chi connectivity index (χ0) is 9.30. The predicted molar refractivity (Wildman–Crippen MR) is 44.0 cm³/mol. The second-order valence-electron chi connectivity index (χ2n) is 2.24. The molecule has 1 aromatic heterocycles. The molecule has 0 spiro atoms. The molecule has 0 bridgehead atoms. The van der Waals surface area contributed by atoms with Crippen LogP contribution in [0.2, 0.25) is 10.2 Å². The summed E-state index contributed by atoms with van der Waals surface area (Å²) in [6.45, 7) is 1.48. The largest absolute Gasteiger partial charge is 0.267 e. The van der Waals surface area contributed by atoms with E-state index in [1.807, 2.05) is 0 Å². The third-order valence-electron chi connectivity index (χ3n) is 1.49. The molecule has 0 aliphatic carbocycles. The van der Waals surface area contributed by atoms with E-state index >= 15 is 0 Å². The van der Waals surface area contributed by atoms with Crippen LogP contribution in [0, 0.1) is 6.92 Å². The van der Waals surface area contributed by atoms with Gasteiger partial charge in [0.2, 0.25) is 0 Å². The van der Waals surface area contributed by atoms with Gasteiger partial charge in [-0.05, 0) is 12.5 Å². The fourth-order valence-corrected chi connectivity index (χ4v) is 1.24. The van der Waals surface area contributed by atoms with Crippen LogP contribution in [-0.4, -0.2) is 4.98 Å². The van der Waals surface area contributed by atoms with Crippen molar-refractivity contribution in [3.05, 3.63) is 27.5 Å². The topological polar surface area (TPSA) is 12.9 Å². The quantitative estimate of drug-likeness (QED) is 0.647. The minimum atomic E-state index is -2.64. The first-order valence-electron chi connectivity index (χ1n) is 3.12. The van der Waals surface area contributed by atoms with Crippen LogP contribution >= 0.6 is 23.2 Å².